The van der Waals surface area contributed by atoms with Gasteiger partial charge in [-0.05, 0) is 80.0 Å². The van der Waals surface area contributed by atoms with Crippen LogP contribution in [-0.4, -0.2) is 6.54 Å². The van der Waals surface area contributed by atoms with Crippen molar-refractivity contribution in [2.75, 3.05) is 11.4 Å². The van der Waals surface area contributed by atoms with Gasteiger partial charge < -0.3 is 4.90 Å². The van der Waals surface area contributed by atoms with E-state index in [4.69, 9.17) is 18.0 Å². The van der Waals surface area contributed by atoms with E-state index < -0.39 is 0 Å². The van der Waals surface area contributed by atoms with Gasteiger partial charge in [0.2, 0.25) is 0 Å². The summed E-state index contributed by atoms with van der Waals surface area (Å²) in [5, 5.41) is 0.836. The molecule has 0 bridgehead atoms. The molecule has 2 atom stereocenters. The van der Waals surface area contributed by atoms with Crippen LogP contribution in [-0.2, 0) is 0 Å². The van der Waals surface area contributed by atoms with E-state index in [-0.39, 0.29) is 0 Å². The fourth-order valence-corrected chi connectivity index (χ4v) is 4.86. The van der Waals surface area contributed by atoms with E-state index in [0.717, 1.165) is 42.1 Å². The number of hydrogen-bond donors (Lipinski definition) is 0. The molecule has 2 heteroatoms. The molecule has 0 aliphatic heterocycles. The average molecular weight is 458 g/mol. The molecule has 0 heterocycles. The lowest BCUT2D eigenvalue weighted by Crippen LogP contribution is -2.30. The summed E-state index contributed by atoms with van der Waals surface area (Å²) >= 11 is 6.75. The molecule has 3 aromatic carbocycles. The molecule has 0 saturated carbocycles. The molecule has 0 fully saturated rings. The molecule has 172 valence electrons. The van der Waals surface area contributed by atoms with Gasteiger partial charge in [0.1, 0.15) is 0 Å². The molecule has 0 N–H and O–H groups in total. The van der Waals surface area contributed by atoms with Crippen molar-refractivity contribution in [3.8, 4) is 12.3 Å². The normalized spacial score (nSPS) is 12.7. The molecule has 0 aromatic heterocycles. The third kappa shape index (κ3) is 6.66. The van der Waals surface area contributed by atoms with Crippen molar-refractivity contribution in [2.24, 2.45) is 0 Å². The van der Waals surface area contributed by atoms with Crippen molar-refractivity contribution < 1.29 is 0 Å². The molecule has 0 amide bonds. The molecule has 3 rings (SSSR count). The number of unbranched alkanes of at least 4 members (excludes halogenated alkanes) is 1. The lowest BCUT2D eigenvalue weighted by molar-refractivity contribution is 0.550. The van der Waals surface area contributed by atoms with Crippen molar-refractivity contribution in [1.29, 1.82) is 0 Å². The van der Waals surface area contributed by atoms with Gasteiger partial charge in [0.05, 0.1) is 16.8 Å². The number of aryl methyl sites for hydroxylation is 2. The van der Waals surface area contributed by atoms with Crippen LogP contribution in [0.3, 0.4) is 0 Å². The Hall–Kier alpha value is -2.69. The number of terminal acetylenes is 1. The molecule has 1 nitrogen and oxygen atoms in total. The minimum Gasteiger partial charge on any atom is -0.363 e. The Bertz CT molecular complexity index is 1060. The van der Waals surface area contributed by atoms with Crippen molar-refractivity contribution >= 4 is 17.3 Å². The molecule has 0 spiro atoms. The molecular weight excluding hydrogens is 422 g/mol. The van der Waals surface area contributed by atoms with Crippen LogP contribution in [0.4, 0.5) is 5.69 Å². The van der Waals surface area contributed by atoms with Crippen LogP contribution < -0.4 is 4.90 Å². The zero-order chi connectivity index (χ0) is 23.8. The molecule has 0 saturated heterocycles. The molecule has 0 radical (unpaired) electrons. The van der Waals surface area contributed by atoms with Crippen LogP contribution in [0, 0.1) is 26.2 Å². The summed E-state index contributed by atoms with van der Waals surface area (Å²) in [6, 6.07) is 24.1. The van der Waals surface area contributed by atoms with E-state index in [1.165, 1.54) is 28.7 Å². The molecule has 0 aliphatic carbocycles. The number of rotatable bonds is 10. The molecular formula is C31H36ClN. The minimum atomic E-state index is 0.305. The first-order valence-corrected chi connectivity index (χ1v) is 12.5. The first-order valence-electron chi connectivity index (χ1n) is 12.1. The van der Waals surface area contributed by atoms with Gasteiger partial charge in [-0.25, -0.2) is 0 Å². The molecule has 3 aromatic rings. The number of halogens is 1. The fourth-order valence-electron chi connectivity index (χ4n) is 4.52. The minimum absolute atomic E-state index is 0.305. The molecule has 0 aliphatic rings. The average Bonchev–Trinajstić information content (AvgIpc) is 2.82. The quantitative estimate of drug-likeness (QED) is 0.217. The van der Waals surface area contributed by atoms with Crippen LogP contribution >= 0.6 is 11.6 Å². The second kappa shape index (κ2) is 12.0. The summed E-state index contributed by atoms with van der Waals surface area (Å²) in [5.74, 6) is 3.22. The first-order chi connectivity index (χ1) is 15.9. The summed E-state index contributed by atoms with van der Waals surface area (Å²) in [7, 11) is 0. The lowest BCUT2D eigenvalue weighted by Gasteiger charge is -2.35. The van der Waals surface area contributed by atoms with E-state index in [1.54, 1.807) is 0 Å². The Balaban J connectivity index is 1.72. The van der Waals surface area contributed by atoms with Gasteiger partial charge >= 0.3 is 0 Å². The standard InChI is InChI=1S/C31H36ClN/c1-6-26-14-18-27(19-15-26)25(5)10-8-9-21-33(31-20-13-24(4)22-29(31)32)30(7-2)28-16-11-23(3)12-17-28/h1,11-20,22,25,30H,7-10,21H2,2-5H3/t25?,30-/m0/s1. The smallest absolute Gasteiger partial charge is 0.0642 e. The number of anilines is 1. The van der Waals surface area contributed by atoms with Gasteiger partial charge in [0.25, 0.3) is 0 Å². The molecule has 33 heavy (non-hydrogen) atoms. The first kappa shape index (κ1) is 24.9. The fraction of sp³-hybridized carbons (Fsp3) is 0.355. The van der Waals surface area contributed by atoms with Gasteiger partial charge in [-0.3, -0.25) is 0 Å². The maximum absolute atomic E-state index is 6.75. The van der Waals surface area contributed by atoms with E-state index in [0.29, 0.717) is 12.0 Å². The largest absolute Gasteiger partial charge is 0.363 e. The Morgan fingerprint density at radius 3 is 2.12 bits per heavy atom. The van der Waals surface area contributed by atoms with Crippen LogP contribution in [0.1, 0.15) is 79.3 Å². The van der Waals surface area contributed by atoms with E-state index in [2.05, 4.69) is 93.1 Å². The number of benzene rings is 3. The highest BCUT2D eigenvalue weighted by molar-refractivity contribution is 6.33. The maximum atomic E-state index is 6.75. The van der Waals surface area contributed by atoms with Crippen molar-refractivity contribution in [2.45, 2.75) is 65.3 Å². The second-order valence-electron chi connectivity index (χ2n) is 9.15. The van der Waals surface area contributed by atoms with Crippen LogP contribution in [0.5, 0.6) is 0 Å². The van der Waals surface area contributed by atoms with Gasteiger partial charge in [0, 0.05) is 12.1 Å². The van der Waals surface area contributed by atoms with Crippen molar-refractivity contribution in [3.05, 3.63) is 99.6 Å². The number of nitrogens with zero attached hydrogens (tertiary/aromatic N) is 1. The van der Waals surface area contributed by atoms with Gasteiger partial charge in [-0.1, -0.05) is 85.8 Å². The van der Waals surface area contributed by atoms with E-state index in [9.17, 15) is 0 Å². The van der Waals surface area contributed by atoms with Crippen molar-refractivity contribution in [3.63, 3.8) is 0 Å². The summed E-state index contributed by atoms with van der Waals surface area (Å²) in [4.78, 5) is 2.51. The third-order valence-electron chi connectivity index (χ3n) is 6.57. The van der Waals surface area contributed by atoms with Gasteiger partial charge in [-0.2, -0.15) is 0 Å². The van der Waals surface area contributed by atoms with Gasteiger partial charge in [-0.15, -0.1) is 6.42 Å². The Kier molecular flexibility index (Phi) is 9.04. The van der Waals surface area contributed by atoms with E-state index >= 15 is 0 Å². The monoisotopic (exact) mass is 457 g/mol. The van der Waals surface area contributed by atoms with Gasteiger partial charge in [0.15, 0.2) is 0 Å². The Morgan fingerprint density at radius 1 is 0.879 bits per heavy atom. The summed E-state index contributed by atoms with van der Waals surface area (Å²) < 4.78 is 0. The number of hydrogen-bond acceptors (Lipinski definition) is 1. The molecule has 1 unspecified atom stereocenters. The SMILES string of the molecule is C#Cc1ccc(C(C)CCCCN(c2ccc(C)cc2Cl)[C@@H](CC)c2ccc(C)cc2)cc1. The lowest BCUT2D eigenvalue weighted by atomic mass is 9.94. The highest BCUT2D eigenvalue weighted by Crippen LogP contribution is 2.36. The summed E-state index contributed by atoms with van der Waals surface area (Å²) in [6.45, 7) is 9.79. The zero-order valence-corrected chi connectivity index (χ0v) is 21.2. The Labute approximate surface area is 205 Å². The second-order valence-corrected chi connectivity index (χ2v) is 9.55. The summed E-state index contributed by atoms with van der Waals surface area (Å²) in [6.07, 6.45) is 9.98. The predicted octanol–water partition coefficient (Wildman–Crippen LogP) is 8.87. The van der Waals surface area contributed by atoms with Crippen molar-refractivity contribution in [1.82, 2.24) is 0 Å². The van der Waals surface area contributed by atoms with E-state index in [1.807, 2.05) is 12.1 Å². The summed E-state index contributed by atoms with van der Waals surface area (Å²) in [5.41, 5.74) is 7.26. The zero-order valence-electron chi connectivity index (χ0n) is 20.4. The highest BCUT2D eigenvalue weighted by Gasteiger charge is 2.21. The topological polar surface area (TPSA) is 3.24 Å². The van der Waals surface area contributed by atoms with Crippen LogP contribution in [0.2, 0.25) is 5.02 Å². The third-order valence-corrected chi connectivity index (χ3v) is 6.87. The highest BCUT2D eigenvalue weighted by atomic mass is 35.5. The Morgan fingerprint density at radius 2 is 1.52 bits per heavy atom. The maximum Gasteiger partial charge on any atom is 0.0642 e. The van der Waals surface area contributed by atoms with Crippen LogP contribution in [0.15, 0.2) is 66.7 Å². The van der Waals surface area contributed by atoms with Crippen LogP contribution in [0.25, 0.3) is 0 Å². The predicted molar refractivity (Wildman–Crippen MR) is 144 cm³/mol.